The van der Waals surface area contributed by atoms with Gasteiger partial charge in [0.15, 0.2) is 0 Å². The summed E-state index contributed by atoms with van der Waals surface area (Å²) in [5, 5.41) is 12.2. The van der Waals surface area contributed by atoms with E-state index in [1.807, 2.05) is 19.9 Å². The lowest BCUT2D eigenvalue weighted by molar-refractivity contribution is 0.0957. The molecule has 0 aliphatic carbocycles. The van der Waals surface area contributed by atoms with Crippen LogP contribution in [-0.4, -0.2) is 38.7 Å². The van der Waals surface area contributed by atoms with Crippen molar-refractivity contribution in [1.29, 1.82) is 0 Å². The first-order valence-corrected chi connectivity index (χ1v) is 11.1. The van der Waals surface area contributed by atoms with Crippen LogP contribution in [0.2, 0.25) is 0 Å². The monoisotopic (exact) mass is 489 g/mol. The molecule has 0 radical (unpaired) electrons. The predicted octanol–water partition coefficient (Wildman–Crippen LogP) is 4.72. The first kappa shape index (κ1) is 24.3. The Morgan fingerprint density at radius 1 is 1.03 bits per heavy atom. The Morgan fingerprint density at radius 3 is 2.53 bits per heavy atom. The second kappa shape index (κ2) is 10.6. The van der Waals surface area contributed by atoms with Gasteiger partial charge in [-0.05, 0) is 36.2 Å². The third-order valence-electron chi connectivity index (χ3n) is 5.07. The number of ether oxygens (including phenoxy) is 1. The van der Waals surface area contributed by atoms with Crippen molar-refractivity contribution >= 4 is 23.4 Å². The summed E-state index contributed by atoms with van der Waals surface area (Å²) in [6.45, 7) is 3.98. The molecule has 3 amide bonds. The molecular formula is C25H24FN7O3. The van der Waals surface area contributed by atoms with Gasteiger partial charge in [-0.25, -0.2) is 13.9 Å². The summed E-state index contributed by atoms with van der Waals surface area (Å²) in [6, 6.07) is 11.7. The molecule has 3 aromatic heterocycles. The molecule has 0 aliphatic rings. The summed E-state index contributed by atoms with van der Waals surface area (Å²) < 4.78 is 21.9. The molecule has 0 spiro atoms. The third-order valence-corrected chi connectivity index (χ3v) is 5.07. The Morgan fingerprint density at radius 2 is 1.83 bits per heavy atom. The lowest BCUT2D eigenvalue weighted by Gasteiger charge is -2.12. The SMILES string of the molecule is CNC(=O)c1cc(Oc2ccc(NC(=O)Nc3cc(C(C)C)nn3-c3cccnc3)c(F)c2)ccn1. The molecule has 4 rings (SSSR count). The quantitative estimate of drug-likeness (QED) is 0.345. The van der Waals surface area contributed by atoms with E-state index in [9.17, 15) is 14.0 Å². The predicted molar refractivity (Wildman–Crippen MR) is 132 cm³/mol. The first-order chi connectivity index (χ1) is 17.3. The van der Waals surface area contributed by atoms with E-state index in [2.05, 4.69) is 31.0 Å². The number of urea groups is 1. The number of carbonyl (C=O) groups is 2. The topological polar surface area (TPSA) is 123 Å². The highest BCUT2D eigenvalue weighted by Gasteiger charge is 2.16. The normalized spacial score (nSPS) is 10.7. The van der Waals surface area contributed by atoms with Crippen molar-refractivity contribution in [1.82, 2.24) is 25.1 Å². The number of nitrogens with zero attached hydrogens (tertiary/aromatic N) is 4. The zero-order valence-corrected chi connectivity index (χ0v) is 19.8. The molecule has 0 atom stereocenters. The molecule has 3 N–H and O–H groups in total. The van der Waals surface area contributed by atoms with Crippen LogP contribution >= 0.6 is 0 Å². The van der Waals surface area contributed by atoms with Crippen LogP contribution in [0.5, 0.6) is 11.5 Å². The van der Waals surface area contributed by atoms with Crippen LogP contribution in [0, 0.1) is 5.82 Å². The van der Waals surface area contributed by atoms with E-state index < -0.39 is 11.8 Å². The number of nitrogens with one attached hydrogen (secondary N) is 3. The van der Waals surface area contributed by atoms with Gasteiger partial charge in [-0.2, -0.15) is 5.10 Å². The molecule has 0 saturated carbocycles. The average molecular weight is 490 g/mol. The first-order valence-electron chi connectivity index (χ1n) is 11.1. The fourth-order valence-corrected chi connectivity index (χ4v) is 3.24. The number of amides is 3. The summed E-state index contributed by atoms with van der Waals surface area (Å²) in [6.07, 6.45) is 4.68. The fraction of sp³-hybridized carbons (Fsp3) is 0.160. The molecule has 10 nitrogen and oxygen atoms in total. The summed E-state index contributed by atoms with van der Waals surface area (Å²) >= 11 is 0. The van der Waals surface area contributed by atoms with E-state index in [4.69, 9.17) is 4.74 Å². The Kier molecular flexibility index (Phi) is 7.19. The molecule has 11 heteroatoms. The lowest BCUT2D eigenvalue weighted by atomic mass is 10.1. The van der Waals surface area contributed by atoms with Crippen LogP contribution in [0.25, 0.3) is 5.69 Å². The average Bonchev–Trinajstić information content (AvgIpc) is 3.30. The smallest absolute Gasteiger partial charge is 0.324 e. The molecule has 0 bridgehead atoms. The highest BCUT2D eigenvalue weighted by molar-refractivity contribution is 5.99. The van der Waals surface area contributed by atoms with Gasteiger partial charge in [-0.3, -0.25) is 20.1 Å². The number of halogens is 1. The number of hydrogen-bond acceptors (Lipinski definition) is 6. The van der Waals surface area contributed by atoms with E-state index >= 15 is 0 Å². The van der Waals surface area contributed by atoms with Crippen LogP contribution in [0.15, 0.2) is 67.1 Å². The van der Waals surface area contributed by atoms with E-state index in [1.54, 1.807) is 35.3 Å². The Hall–Kier alpha value is -4.80. The number of anilines is 2. The molecule has 184 valence electrons. The molecule has 36 heavy (non-hydrogen) atoms. The Bertz CT molecular complexity index is 1390. The lowest BCUT2D eigenvalue weighted by Crippen LogP contribution is -2.22. The van der Waals surface area contributed by atoms with Crippen LogP contribution in [0.4, 0.5) is 20.7 Å². The summed E-state index contributed by atoms with van der Waals surface area (Å²) in [5.74, 6) is -0.0391. The van der Waals surface area contributed by atoms with Crippen molar-refractivity contribution in [3.8, 4) is 17.2 Å². The highest BCUT2D eigenvalue weighted by atomic mass is 19.1. The number of aromatic nitrogens is 4. The van der Waals surface area contributed by atoms with Crippen LogP contribution in [0.3, 0.4) is 0 Å². The van der Waals surface area contributed by atoms with Gasteiger partial charge >= 0.3 is 6.03 Å². The van der Waals surface area contributed by atoms with Crippen molar-refractivity contribution in [3.05, 3.63) is 84.3 Å². The maximum atomic E-state index is 14.7. The van der Waals surface area contributed by atoms with Gasteiger partial charge < -0.3 is 15.4 Å². The minimum atomic E-state index is -0.702. The number of pyridine rings is 2. The third kappa shape index (κ3) is 5.63. The van der Waals surface area contributed by atoms with Crippen molar-refractivity contribution in [2.75, 3.05) is 17.7 Å². The van der Waals surface area contributed by atoms with E-state index in [0.717, 1.165) is 11.8 Å². The number of benzene rings is 1. The second-order valence-corrected chi connectivity index (χ2v) is 8.01. The Labute approximate surface area is 206 Å². The largest absolute Gasteiger partial charge is 0.457 e. The molecule has 0 unspecified atom stereocenters. The van der Waals surface area contributed by atoms with Crippen LogP contribution < -0.4 is 20.7 Å². The van der Waals surface area contributed by atoms with Gasteiger partial charge in [0.05, 0.1) is 23.3 Å². The number of rotatable bonds is 7. The molecule has 0 saturated heterocycles. The zero-order chi connectivity index (χ0) is 25.7. The molecule has 4 aromatic rings. The summed E-state index contributed by atoms with van der Waals surface area (Å²) in [5.41, 5.74) is 1.56. The van der Waals surface area contributed by atoms with Crippen molar-refractivity contribution in [2.24, 2.45) is 0 Å². The van der Waals surface area contributed by atoms with E-state index in [1.165, 1.54) is 31.4 Å². The van der Waals surface area contributed by atoms with Crippen LogP contribution in [-0.2, 0) is 0 Å². The Balaban J connectivity index is 1.47. The zero-order valence-electron chi connectivity index (χ0n) is 19.8. The minimum Gasteiger partial charge on any atom is -0.457 e. The molecular weight excluding hydrogens is 465 g/mol. The van der Waals surface area contributed by atoms with Crippen molar-refractivity contribution < 1.29 is 18.7 Å². The van der Waals surface area contributed by atoms with Gasteiger partial charge in [0.25, 0.3) is 5.91 Å². The van der Waals surface area contributed by atoms with E-state index in [-0.39, 0.29) is 29.0 Å². The van der Waals surface area contributed by atoms with Gasteiger partial charge in [0.2, 0.25) is 0 Å². The van der Waals surface area contributed by atoms with Gasteiger partial charge in [0, 0.05) is 37.6 Å². The minimum absolute atomic E-state index is 0.0443. The summed E-state index contributed by atoms with van der Waals surface area (Å²) in [7, 11) is 1.49. The maximum absolute atomic E-state index is 14.7. The van der Waals surface area contributed by atoms with Gasteiger partial charge in [-0.15, -0.1) is 0 Å². The molecule has 0 fully saturated rings. The van der Waals surface area contributed by atoms with Crippen molar-refractivity contribution in [2.45, 2.75) is 19.8 Å². The van der Waals surface area contributed by atoms with Crippen molar-refractivity contribution in [3.63, 3.8) is 0 Å². The summed E-state index contributed by atoms with van der Waals surface area (Å²) in [4.78, 5) is 32.5. The van der Waals surface area contributed by atoms with Gasteiger partial charge in [-0.1, -0.05) is 13.8 Å². The van der Waals surface area contributed by atoms with E-state index in [0.29, 0.717) is 17.3 Å². The molecule has 0 aliphatic heterocycles. The maximum Gasteiger partial charge on any atom is 0.324 e. The van der Waals surface area contributed by atoms with Crippen LogP contribution in [0.1, 0.15) is 35.9 Å². The number of carbonyl (C=O) groups excluding carboxylic acids is 2. The molecule has 3 heterocycles. The molecule has 1 aromatic carbocycles. The fourth-order valence-electron chi connectivity index (χ4n) is 3.24. The van der Waals surface area contributed by atoms with Gasteiger partial charge in [0.1, 0.15) is 28.8 Å². The highest BCUT2D eigenvalue weighted by Crippen LogP contribution is 2.26. The standard InChI is InChI=1S/C25H24FN7O3/c1-15(2)21-13-23(33(32-21)16-5-4-9-28-14-16)31-25(35)30-20-7-6-17(11-19(20)26)36-18-8-10-29-22(12-18)24(34)27-3/h4-15H,1-3H3,(H,27,34)(H2,30,31,35). The second-order valence-electron chi connectivity index (χ2n) is 8.01. The number of hydrogen-bond donors (Lipinski definition) is 3.